The zero-order valence-electron chi connectivity index (χ0n) is 12.7. The number of nitrogens with zero attached hydrogens (tertiary/aromatic N) is 1. The van der Waals surface area contributed by atoms with Gasteiger partial charge < -0.3 is 4.84 Å². The monoisotopic (exact) mass is 397 g/mol. The molecule has 2 aliphatic carbocycles. The van der Waals surface area contributed by atoms with Crippen LogP contribution in [-0.2, 0) is 4.84 Å². The van der Waals surface area contributed by atoms with Gasteiger partial charge in [-0.3, -0.25) is 0 Å². The third-order valence-electron chi connectivity index (χ3n) is 5.40. The molecule has 4 atom stereocenters. The van der Waals surface area contributed by atoms with E-state index in [1.165, 1.54) is 35.7 Å². The Balaban J connectivity index is 1.75. The summed E-state index contributed by atoms with van der Waals surface area (Å²) < 4.78 is 1.33. The van der Waals surface area contributed by atoms with Crippen molar-refractivity contribution in [3.8, 4) is 0 Å². The summed E-state index contributed by atoms with van der Waals surface area (Å²) in [5.41, 5.74) is 1.56. The van der Waals surface area contributed by atoms with Crippen LogP contribution < -0.4 is 0 Å². The van der Waals surface area contributed by atoms with E-state index in [9.17, 15) is 0 Å². The molecule has 1 aromatic carbocycles. The van der Waals surface area contributed by atoms with E-state index in [1.54, 1.807) is 12.7 Å². The third-order valence-corrected chi connectivity index (χ3v) is 6.12. The standard InChI is InChI=1S/C18H24INO/c1-21-20-10-2-3-17-15-5-4-13(11-15)12-18(17)14-6-8-16(19)9-7-14/h6-10,13,15,17-18H,2-5,11-12H2,1H3/t13?,15-,17+,18+/m0/s1. The van der Waals surface area contributed by atoms with E-state index in [0.717, 1.165) is 30.1 Å². The molecule has 21 heavy (non-hydrogen) atoms. The van der Waals surface area contributed by atoms with Crippen molar-refractivity contribution in [3.05, 3.63) is 33.4 Å². The first kappa shape index (κ1) is 15.3. The maximum Gasteiger partial charge on any atom is 0.106 e. The number of halogens is 1. The minimum Gasteiger partial charge on any atom is -0.399 e. The van der Waals surface area contributed by atoms with Crippen LogP contribution in [0.25, 0.3) is 0 Å². The van der Waals surface area contributed by atoms with Crippen LogP contribution in [-0.4, -0.2) is 13.3 Å². The Morgan fingerprint density at radius 3 is 2.81 bits per heavy atom. The van der Waals surface area contributed by atoms with E-state index in [4.69, 9.17) is 4.84 Å². The highest BCUT2D eigenvalue weighted by Gasteiger charge is 2.41. The molecule has 2 fully saturated rings. The van der Waals surface area contributed by atoms with Crippen LogP contribution in [0, 0.1) is 21.3 Å². The Bertz CT molecular complexity index is 484. The quantitative estimate of drug-likeness (QED) is 0.379. The van der Waals surface area contributed by atoms with Gasteiger partial charge in [-0.25, -0.2) is 0 Å². The predicted molar refractivity (Wildman–Crippen MR) is 95.6 cm³/mol. The van der Waals surface area contributed by atoms with Gasteiger partial charge in [0.15, 0.2) is 0 Å². The highest BCUT2D eigenvalue weighted by Crippen LogP contribution is 2.53. The number of benzene rings is 1. The van der Waals surface area contributed by atoms with Gasteiger partial charge in [0.25, 0.3) is 0 Å². The molecule has 0 N–H and O–H groups in total. The fourth-order valence-electron chi connectivity index (χ4n) is 4.50. The second-order valence-electron chi connectivity index (χ2n) is 6.54. The second-order valence-corrected chi connectivity index (χ2v) is 7.79. The van der Waals surface area contributed by atoms with E-state index in [-0.39, 0.29) is 0 Å². The molecule has 0 amide bonds. The largest absolute Gasteiger partial charge is 0.399 e. The first-order valence-corrected chi connectivity index (χ1v) is 9.16. The second kappa shape index (κ2) is 7.12. The third kappa shape index (κ3) is 3.61. The Morgan fingerprint density at radius 1 is 1.24 bits per heavy atom. The molecule has 114 valence electrons. The van der Waals surface area contributed by atoms with Crippen molar-refractivity contribution >= 4 is 28.8 Å². The summed E-state index contributed by atoms with van der Waals surface area (Å²) in [7, 11) is 1.62. The van der Waals surface area contributed by atoms with Crippen molar-refractivity contribution < 1.29 is 4.84 Å². The molecule has 0 radical (unpaired) electrons. The van der Waals surface area contributed by atoms with Gasteiger partial charge in [-0.15, -0.1) is 0 Å². The van der Waals surface area contributed by atoms with Crippen molar-refractivity contribution in [1.29, 1.82) is 0 Å². The molecule has 1 aromatic rings. The number of fused-ring (bicyclic) bond motifs is 2. The Kier molecular flexibility index (Phi) is 5.19. The lowest BCUT2D eigenvalue weighted by Gasteiger charge is -2.37. The molecule has 3 heteroatoms. The average molecular weight is 397 g/mol. The van der Waals surface area contributed by atoms with Crippen LogP contribution in [0.5, 0.6) is 0 Å². The number of hydrogen-bond donors (Lipinski definition) is 0. The first-order chi connectivity index (χ1) is 10.3. The molecule has 0 aromatic heterocycles. The fourth-order valence-corrected chi connectivity index (χ4v) is 4.86. The van der Waals surface area contributed by atoms with Crippen LogP contribution in [0.2, 0.25) is 0 Å². The van der Waals surface area contributed by atoms with Crippen molar-refractivity contribution in [1.82, 2.24) is 0 Å². The van der Waals surface area contributed by atoms with Gasteiger partial charge in [0, 0.05) is 9.78 Å². The highest BCUT2D eigenvalue weighted by molar-refractivity contribution is 14.1. The van der Waals surface area contributed by atoms with Gasteiger partial charge in [-0.05, 0) is 96.1 Å². The van der Waals surface area contributed by atoms with Gasteiger partial charge in [0.1, 0.15) is 7.11 Å². The summed E-state index contributed by atoms with van der Waals surface area (Å²) in [5.74, 6) is 3.49. The van der Waals surface area contributed by atoms with E-state index in [0.29, 0.717) is 0 Å². The summed E-state index contributed by atoms with van der Waals surface area (Å²) in [6.45, 7) is 0. The molecule has 2 bridgehead atoms. The molecular formula is C18H24INO. The van der Waals surface area contributed by atoms with Crippen LogP contribution in [0.15, 0.2) is 29.4 Å². The molecule has 2 saturated carbocycles. The Hall–Kier alpha value is -0.580. The SMILES string of the molecule is CON=CCC[C@@H]1[C@H]2CCC(C2)C[C@@H]1c1ccc(I)cc1. The van der Waals surface area contributed by atoms with E-state index in [1.807, 2.05) is 6.21 Å². The molecule has 2 nitrogen and oxygen atoms in total. The predicted octanol–water partition coefficient (Wildman–Crippen LogP) is 5.22. The minimum atomic E-state index is 0.754. The molecule has 0 aliphatic heterocycles. The zero-order chi connectivity index (χ0) is 14.7. The summed E-state index contributed by atoms with van der Waals surface area (Å²) in [6, 6.07) is 9.23. The van der Waals surface area contributed by atoms with Crippen LogP contribution in [0.3, 0.4) is 0 Å². The van der Waals surface area contributed by atoms with Crippen molar-refractivity contribution in [3.63, 3.8) is 0 Å². The van der Waals surface area contributed by atoms with Crippen LogP contribution in [0.4, 0.5) is 0 Å². The summed E-state index contributed by atoms with van der Waals surface area (Å²) >= 11 is 2.39. The lowest BCUT2D eigenvalue weighted by Crippen LogP contribution is -2.26. The van der Waals surface area contributed by atoms with Crippen molar-refractivity contribution in [2.75, 3.05) is 7.11 Å². The smallest absolute Gasteiger partial charge is 0.106 e. The lowest BCUT2D eigenvalue weighted by atomic mass is 9.68. The van der Waals surface area contributed by atoms with Gasteiger partial charge >= 0.3 is 0 Å². The molecule has 0 saturated heterocycles. The average Bonchev–Trinajstić information content (AvgIpc) is 2.89. The molecular weight excluding hydrogens is 373 g/mol. The van der Waals surface area contributed by atoms with Crippen molar-refractivity contribution in [2.24, 2.45) is 22.9 Å². The Labute approximate surface area is 141 Å². The lowest BCUT2D eigenvalue weighted by molar-refractivity contribution is 0.196. The molecule has 3 rings (SSSR count). The maximum absolute atomic E-state index is 4.79. The summed E-state index contributed by atoms with van der Waals surface area (Å²) in [5, 5.41) is 3.90. The van der Waals surface area contributed by atoms with Crippen molar-refractivity contribution in [2.45, 2.75) is 44.4 Å². The topological polar surface area (TPSA) is 21.6 Å². The molecule has 0 heterocycles. The van der Waals surface area contributed by atoms with Gasteiger partial charge in [0.2, 0.25) is 0 Å². The zero-order valence-corrected chi connectivity index (χ0v) is 14.8. The highest BCUT2D eigenvalue weighted by atomic mass is 127. The summed E-state index contributed by atoms with van der Waals surface area (Å²) in [4.78, 5) is 4.79. The molecule has 1 unspecified atom stereocenters. The first-order valence-electron chi connectivity index (χ1n) is 8.08. The van der Waals surface area contributed by atoms with Crippen LogP contribution in [0.1, 0.15) is 50.0 Å². The maximum atomic E-state index is 4.79. The van der Waals surface area contributed by atoms with Gasteiger partial charge in [-0.2, -0.15) is 0 Å². The molecule has 2 aliphatic rings. The molecule has 0 spiro atoms. The van der Waals surface area contributed by atoms with Gasteiger partial charge in [-0.1, -0.05) is 23.7 Å². The Morgan fingerprint density at radius 2 is 2.05 bits per heavy atom. The normalized spacial score (nSPS) is 31.7. The van der Waals surface area contributed by atoms with E-state index >= 15 is 0 Å². The van der Waals surface area contributed by atoms with Crippen LogP contribution >= 0.6 is 22.6 Å². The number of hydrogen-bond acceptors (Lipinski definition) is 2. The van der Waals surface area contributed by atoms with Gasteiger partial charge in [0.05, 0.1) is 0 Å². The number of oxime groups is 1. The van der Waals surface area contributed by atoms with E-state index in [2.05, 4.69) is 52.0 Å². The summed E-state index contributed by atoms with van der Waals surface area (Å²) in [6.07, 6.45) is 9.98. The minimum absolute atomic E-state index is 0.754. The number of rotatable bonds is 5. The fraction of sp³-hybridized carbons (Fsp3) is 0.611. The van der Waals surface area contributed by atoms with E-state index < -0.39 is 0 Å².